The lowest BCUT2D eigenvalue weighted by molar-refractivity contribution is -0.137. The number of esters is 1. The van der Waals surface area contributed by atoms with Crippen LogP contribution in [0.4, 0.5) is 0 Å². The molecule has 0 aromatic rings. The Morgan fingerprint density at radius 1 is 1.38 bits per heavy atom. The Hall–Kier alpha value is -1.13. The van der Waals surface area contributed by atoms with Gasteiger partial charge in [0, 0.05) is 25.7 Å². The minimum Gasteiger partial charge on any atom is -0.463 e. The second-order valence-electron chi connectivity index (χ2n) is 3.45. The number of allylic oxidation sites excluding steroid dienone is 2. The van der Waals surface area contributed by atoms with E-state index < -0.39 is 0 Å². The molecule has 0 aromatic carbocycles. The molecule has 0 unspecified atom stereocenters. The third-order valence-corrected chi connectivity index (χ3v) is 2.23. The summed E-state index contributed by atoms with van der Waals surface area (Å²) < 4.78 is 10.00. The van der Waals surface area contributed by atoms with Crippen LogP contribution in [0.3, 0.4) is 0 Å². The molecule has 0 spiro atoms. The number of hydrogen-bond donors (Lipinski definition) is 0. The number of nitrogens with zero attached hydrogens (tertiary/aromatic N) is 1. The SMILES string of the molecule is CCOC(=O)C=CC=CCN1CCOCC1. The molecule has 90 valence electrons. The van der Waals surface area contributed by atoms with Crippen molar-refractivity contribution in [3.8, 4) is 0 Å². The van der Waals surface area contributed by atoms with E-state index in [0.717, 1.165) is 32.8 Å². The molecule has 0 aromatic heterocycles. The Balaban J connectivity index is 2.13. The average Bonchev–Trinajstić information content (AvgIpc) is 2.30. The molecule has 1 heterocycles. The topological polar surface area (TPSA) is 38.8 Å². The predicted molar refractivity (Wildman–Crippen MR) is 62.2 cm³/mol. The molecular weight excluding hydrogens is 206 g/mol. The molecule has 1 saturated heterocycles. The predicted octanol–water partition coefficient (Wildman–Crippen LogP) is 0.994. The molecule has 0 bridgehead atoms. The van der Waals surface area contributed by atoms with Crippen molar-refractivity contribution in [1.29, 1.82) is 0 Å². The van der Waals surface area contributed by atoms with Crippen molar-refractivity contribution in [1.82, 2.24) is 4.90 Å². The molecule has 0 radical (unpaired) electrons. The smallest absolute Gasteiger partial charge is 0.330 e. The van der Waals surface area contributed by atoms with E-state index in [1.165, 1.54) is 6.08 Å². The fourth-order valence-corrected chi connectivity index (χ4v) is 1.40. The highest BCUT2D eigenvalue weighted by Crippen LogP contribution is 1.96. The maximum atomic E-state index is 10.9. The molecule has 1 fully saturated rings. The molecule has 0 N–H and O–H groups in total. The zero-order chi connectivity index (χ0) is 11.6. The first kappa shape index (κ1) is 12.9. The zero-order valence-electron chi connectivity index (χ0n) is 9.72. The van der Waals surface area contributed by atoms with E-state index in [-0.39, 0.29) is 5.97 Å². The molecule has 16 heavy (non-hydrogen) atoms. The normalized spacial score (nSPS) is 18.3. The molecule has 0 saturated carbocycles. The maximum Gasteiger partial charge on any atom is 0.330 e. The summed E-state index contributed by atoms with van der Waals surface area (Å²) in [6, 6.07) is 0. The van der Waals surface area contributed by atoms with Crippen molar-refractivity contribution in [3.05, 3.63) is 24.3 Å². The van der Waals surface area contributed by atoms with Gasteiger partial charge in [-0.3, -0.25) is 4.90 Å². The summed E-state index contributed by atoms with van der Waals surface area (Å²) in [5, 5.41) is 0. The van der Waals surface area contributed by atoms with Gasteiger partial charge < -0.3 is 9.47 Å². The molecule has 1 rings (SSSR count). The second-order valence-corrected chi connectivity index (χ2v) is 3.45. The van der Waals surface area contributed by atoms with Crippen molar-refractivity contribution in [3.63, 3.8) is 0 Å². The van der Waals surface area contributed by atoms with E-state index in [2.05, 4.69) is 4.90 Å². The van der Waals surface area contributed by atoms with Gasteiger partial charge in [-0.2, -0.15) is 0 Å². The first-order chi connectivity index (χ1) is 7.83. The first-order valence-electron chi connectivity index (χ1n) is 5.63. The molecular formula is C12H19NO3. The largest absolute Gasteiger partial charge is 0.463 e. The summed E-state index contributed by atoms with van der Waals surface area (Å²) in [5.41, 5.74) is 0. The van der Waals surface area contributed by atoms with Crippen LogP contribution in [0.2, 0.25) is 0 Å². The van der Waals surface area contributed by atoms with Gasteiger partial charge in [-0.25, -0.2) is 4.79 Å². The van der Waals surface area contributed by atoms with Gasteiger partial charge in [-0.15, -0.1) is 0 Å². The molecule has 1 aliphatic rings. The van der Waals surface area contributed by atoms with Gasteiger partial charge in [0.1, 0.15) is 0 Å². The minimum absolute atomic E-state index is 0.293. The third-order valence-electron chi connectivity index (χ3n) is 2.23. The van der Waals surface area contributed by atoms with Crippen LogP contribution in [0.1, 0.15) is 6.92 Å². The maximum absolute atomic E-state index is 10.9. The highest BCUT2D eigenvalue weighted by molar-refractivity contribution is 5.82. The Morgan fingerprint density at radius 3 is 2.81 bits per heavy atom. The zero-order valence-corrected chi connectivity index (χ0v) is 9.72. The standard InChI is InChI=1S/C12H19NO3/c1-2-16-12(14)6-4-3-5-7-13-8-10-15-11-9-13/h3-6H,2,7-11H2,1H3. The van der Waals surface area contributed by atoms with E-state index in [0.29, 0.717) is 6.61 Å². The van der Waals surface area contributed by atoms with Crippen molar-refractivity contribution >= 4 is 5.97 Å². The van der Waals surface area contributed by atoms with Gasteiger partial charge in [0.05, 0.1) is 19.8 Å². The lowest BCUT2D eigenvalue weighted by Gasteiger charge is -2.24. The lowest BCUT2D eigenvalue weighted by Crippen LogP contribution is -2.36. The minimum atomic E-state index is -0.293. The third kappa shape index (κ3) is 5.68. The Labute approximate surface area is 96.5 Å². The highest BCUT2D eigenvalue weighted by Gasteiger charge is 2.07. The van der Waals surface area contributed by atoms with Gasteiger partial charge >= 0.3 is 5.97 Å². The molecule has 0 atom stereocenters. The Bertz CT molecular complexity index is 255. The van der Waals surface area contributed by atoms with Gasteiger partial charge in [-0.05, 0) is 6.92 Å². The average molecular weight is 225 g/mol. The van der Waals surface area contributed by atoms with Crippen molar-refractivity contribution < 1.29 is 14.3 Å². The summed E-state index contributed by atoms with van der Waals surface area (Å²) in [6.45, 7) is 6.69. The van der Waals surface area contributed by atoms with Crippen LogP contribution in [-0.2, 0) is 14.3 Å². The summed E-state index contributed by atoms with van der Waals surface area (Å²) >= 11 is 0. The monoisotopic (exact) mass is 225 g/mol. The van der Waals surface area contributed by atoms with Crippen LogP contribution in [0.15, 0.2) is 24.3 Å². The fourth-order valence-electron chi connectivity index (χ4n) is 1.40. The summed E-state index contributed by atoms with van der Waals surface area (Å²) in [4.78, 5) is 13.2. The van der Waals surface area contributed by atoms with Gasteiger partial charge in [0.25, 0.3) is 0 Å². The number of rotatable bonds is 5. The van der Waals surface area contributed by atoms with Crippen LogP contribution in [0, 0.1) is 0 Å². The van der Waals surface area contributed by atoms with Gasteiger partial charge in [0.2, 0.25) is 0 Å². The van der Waals surface area contributed by atoms with Gasteiger partial charge in [0.15, 0.2) is 0 Å². The number of carbonyl (C=O) groups is 1. The van der Waals surface area contributed by atoms with Crippen molar-refractivity contribution in [2.24, 2.45) is 0 Å². The Kier molecular flexibility index (Phi) is 6.53. The number of hydrogen-bond acceptors (Lipinski definition) is 4. The van der Waals surface area contributed by atoms with Crippen LogP contribution in [0.5, 0.6) is 0 Å². The molecule has 4 heteroatoms. The van der Waals surface area contributed by atoms with Crippen LogP contribution in [0.25, 0.3) is 0 Å². The van der Waals surface area contributed by atoms with Crippen molar-refractivity contribution in [2.45, 2.75) is 6.92 Å². The van der Waals surface area contributed by atoms with E-state index in [1.807, 2.05) is 12.2 Å². The summed E-state index contributed by atoms with van der Waals surface area (Å²) in [5.74, 6) is -0.293. The Morgan fingerprint density at radius 2 is 2.12 bits per heavy atom. The molecule has 0 aliphatic carbocycles. The van der Waals surface area contributed by atoms with E-state index in [1.54, 1.807) is 13.0 Å². The van der Waals surface area contributed by atoms with Crippen LogP contribution in [-0.4, -0.2) is 50.3 Å². The summed E-state index contributed by atoms with van der Waals surface area (Å²) in [7, 11) is 0. The second kappa shape index (κ2) is 8.07. The number of carbonyl (C=O) groups excluding carboxylic acids is 1. The number of morpholine rings is 1. The number of ether oxygens (including phenoxy) is 2. The molecule has 1 aliphatic heterocycles. The van der Waals surface area contributed by atoms with Crippen LogP contribution < -0.4 is 0 Å². The van der Waals surface area contributed by atoms with Crippen molar-refractivity contribution in [2.75, 3.05) is 39.5 Å². The van der Waals surface area contributed by atoms with E-state index in [9.17, 15) is 4.79 Å². The summed E-state index contributed by atoms with van der Waals surface area (Å²) in [6.07, 6.45) is 7.03. The first-order valence-corrected chi connectivity index (χ1v) is 5.63. The highest BCUT2D eigenvalue weighted by atomic mass is 16.5. The quantitative estimate of drug-likeness (QED) is 0.397. The lowest BCUT2D eigenvalue weighted by atomic mass is 10.3. The fraction of sp³-hybridized carbons (Fsp3) is 0.583. The molecule has 0 amide bonds. The molecule has 4 nitrogen and oxygen atoms in total. The van der Waals surface area contributed by atoms with Crippen LogP contribution >= 0.6 is 0 Å². The van der Waals surface area contributed by atoms with E-state index in [4.69, 9.17) is 9.47 Å². The van der Waals surface area contributed by atoms with E-state index >= 15 is 0 Å². The van der Waals surface area contributed by atoms with Gasteiger partial charge in [-0.1, -0.05) is 18.2 Å².